The Labute approximate surface area is 188 Å². The highest BCUT2D eigenvalue weighted by Gasteiger charge is 2.28. The molecule has 4 heterocycles. The first kappa shape index (κ1) is 21.5. The second kappa shape index (κ2) is 8.57. The number of carbonyl (C=O) groups excluding carboxylic acids is 1. The second-order valence-electron chi connectivity index (χ2n) is 8.69. The number of hydrogen-bond acceptors (Lipinski definition) is 6. The highest BCUT2D eigenvalue weighted by Crippen LogP contribution is 2.49. The van der Waals surface area contributed by atoms with Crippen LogP contribution in [0.2, 0.25) is 0 Å². The number of aromatic nitrogens is 1. The van der Waals surface area contributed by atoms with Gasteiger partial charge in [-0.25, -0.2) is 0 Å². The summed E-state index contributed by atoms with van der Waals surface area (Å²) in [6, 6.07) is 7.73. The Hall–Kier alpha value is -2.30. The van der Waals surface area contributed by atoms with E-state index in [1.54, 1.807) is 6.07 Å². The lowest BCUT2D eigenvalue weighted by Crippen LogP contribution is -2.35. The van der Waals surface area contributed by atoms with Crippen LogP contribution in [0, 0.1) is 0 Å². The number of amides is 1. The molecule has 0 spiro atoms. The molecule has 5 N–H and O–H groups in total. The van der Waals surface area contributed by atoms with E-state index in [2.05, 4.69) is 9.88 Å². The largest absolute Gasteiger partial charge is 0.460 e. The number of fused-ring (bicyclic) bond motifs is 1. The van der Waals surface area contributed by atoms with Gasteiger partial charge in [-0.1, -0.05) is 0 Å². The predicted molar refractivity (Wildman–Crippen MR) is 125 cm³/mol. The van der Waals surface area contributed by atoms with Gasteiger partial charge in [-0.3, -0.25) is 18.8 Å². The van der Waals surface area contributed by atoms with Crippen molar-refractivity contribution in [3.63, 3.8) is 0 Å². The van der Waals surface area contributed by atoms with Crippen LogP contribution in [0.25, 0.3) is 22.2 Å². The zero-order valence-corrected chi connectivity index (χ0v) is 18.7. The van der Waals surface area contributed by atoms with Crippen molar-refractivity contribution in [2.75, 3.05) is 37.8 Å². The van der Waals surface area contributed by atoms with Gasteiger partial charge >= 0.3 is 0 Å². The van der Waals surface area contributed by atoms with E-state index in [4.69, 9.17) is 14.9 Å². The predicted octanol–water partition coefficient (Wildman–Crippen LogP) is 3.99. The van der Waals surface area contributed by atoms with Crippen LogP contribution >= 0.6 is 10.6 Å². The molecular formula is C23H29N3O5S. The number of carbonyl (C=O) groups is 1. The molecule has 2 saturated heterocycles. The van der Waals surface area contributed by atoms with Crippen molar-refractivity contribution < 1.29 is 23.1 Å². The number of benzene rings is 1. The Bertz CT molecular complexity index is 1120. The van der Waals surface area contributed by atoms with Gasteiger partial charge in [0, 0.05) is 41.7 Å². The number of nitrogens with two attached hydrogens (primary N) is 1. The molecule has 3 aromatic rings. The Morgan fingerprint density at radius 3 is 2.66 bits per heavy atom. The van der Waals surface area contributed by atoms with E-state index in [1.165, 1.54) is 0 Å². The third kappa shape index (κ3) is 4.31. The number of nitrogens with zero attached hydrogens (tertiary/aromatic N) is 1. The number of primary amides is 1. The van der Waals surface area contributed by atoms with Crippen LogP contribution in [-0.2, 0) is 11.3 Å². The van der Waals surface area contributed by atoms with E-state index in [1.807, 2.05) is 24.4 Å². The maximum atomic E-state index is 12.2. The molecule has 1 aromatic carbocycles. The first-order valence-corrected chi connectivity index (χ1v) is 12.9. The van der Waals surface area contributed by atoms with Crippen molar-refractivity contribution in [3.05, 3.63) is 47.3 Å². The molecule has 2 fully saturated rings. The van der Waals surface area contributed by atoms with Crippen molar-refractivity contribution in [3.8, 4) is 11.3 Å². The molecule has 0 unspecified atom stereocenters. The van der Waals surface area contributed by atoms with Crippen molar-refractivity contribution in [1.29, 1.82) is 0 Å². The second-order valence-corrected chi connectivity index (χ2v) is 11.1. The molecular weight excluding hydrogens is 430 g/mol. The van der Waals surface area contributed by atoms with Gasteiger partial charge < -0.3 is 19.9 Å². The maximum absolute atomic E-state index is 12.2. The fourth-order valence-corrected chi connectivity index (χ4v) is 6.27. The van der Waals surface area contributed by atoms with Crippen LogP contribution in [0.15, 0.2) is 34.9 Å². The Kier molecular flexibility index (Phi) is 5.77. The standard InChI is InChI=1S/C23H29N3O5S/c24-23(27)19-12-16(21-2-1-17(31-21)14-26-5-7-30-8-6-26)11-18-20(13-25-22(18)19)15-3-9-32(28,29)10-4-15/h1-2,11-13,15,25,28-29H,3-10,14H2,(H2,24,27). The van der Waals surface area contributed by atoms with E-state index < -0.39 is 16.5 Å². The van der Waals surface area contributed by atoms with Gasteiger partial charge in [0.05, 0.1) is 30.8 Å². The van der Waals surface area contributed by atoms with Gasteiger partial charge in [0.2, 0.25) is 0 Å². The zero-order valence-electron chi connectivity index (χ0n) is 17.9. The zero-order chi connectivity index (χ0) is 22.3. The summed E-state index contributed by atoms with van der Waals surface area (Å²) in [4.78, 5) is 17.7. The van der Waals surface area contributed by atoms with Crippen molar-refractivity contribution >= 4 is 27.4 Å². The fourth-order valence-electron chi connectivity index (χ4n) is 4.74. The van der Waals surface area contributed by atoms with E-state index in [0.717, 1.165) is 55.1 Å². The lowest BCUT2D eigenvalue weighted by Gasteiger charge is -2.39. The molecule has 172 valence electrons. The summed E-state index contributed by atoms with van der Waals surface area (Å²) in [7, 11) is -2.45. The summed E-state index contributed by atoms with van der Waals surface area (Å²) in [5, 5.41) is 0.936. The summed E-state index contributed by atoms with van der Waals surface area (Å²) >= 11 is 0. The Morgan fingerprint density at radius 1 is 1.19 bits per heavy atom. The number of furan rings is 1. The van der Waals surface area contributed by atoms with Crippen LogP contribution in [0.1, 0.15) is 40.4 Å². The van der Waals surface area contributed by atoms with Crippen LogP contribution in [0.3, 0.4) is 0 Å². The van der Waals surface area contributed by atoms with Crippen LogP contribution in [-0.4, -0.2) is 62.7 Å². The van der Waals surface area contributed by atoms with Gasteiger partial charge in [0.15, 0.2) is 0 Å². The van der Waals surface area contributed by atoms with Gasteiger partial charge in [0.25, 0.3) is 5.91 Å². The summed E-state index contributed by atoms with van der Waals surface area (Å²) in [6.45, 7) is 3.95. The molecule has 8 nitrogen and oxygen atoms in total. The third-order valence-corrected chi connectivity index (χ3v) is 8.32. The molecule has 0 aliphatic carbocycles. The number of ether oxygens (including phenoxy) is 1. The number of hydrogen-bond donors (Lipinski definition) is 4. The van der Waals surface area contributed by atoms with E-state index in [9.17, 15) is 13.9 Å². The molecule has 1 amide bonds. The third-order valence-electron chi connectivity index (χ3n) is 6.54. The average molecular weight is 460 g/mol. The smallest absolute Gasteiger partial charge is 0.250 e. The summed E-state index contributed by atoms with van der Waals surface area (Å²) < 4.78 is 31.5. The topological polar surface area (TPSA) is 125 Å². The van der Waals surface area contributed by atoms with Crippen LogP contribution in [0.4, 0.5) is 0 Å². The van der Waals surface area contributed by atoms with Gasteiger partial charge in [-0.2, -0.15) is 10.6 Å². The molecule has 0 radical (unpaired) electrons. The van der Waals surface area contributed by atoms with Gasteiger partial charge in [-0.05, 0) is 48.6 Å². The van der Waals surface area contributed by atoms with Crippen molar-refractivity contribution in [2.24, 2.45) is 5.73 Å². The van der Waals surface area contributed by atoms with Crippen LogP contribution < -0.4 is 5.73 Å². The minimum Gasteiger partial charge on any atom is -0.460 e. The molecule has 2 aromatic heterocycles. The molecule has 0 atom stereocenters. The van der Waals surface area contributed by atoms with E-state index >= 15 is 0 Å². The normalized spacial score (nSPS) is 21.1. The molecule has 2 aliphatic heterocycles. The fraction of sp³-hybridized carbons (Fsp3) is 0.435. The first-order chi connectivity index (χ1) is 15.4. The van der Waals surface area contributed by atoms with E-state index in [0.29, 0.717) is 41.2 Å². The van der Waals surface area contributed by atoms with Gasteiger partial charge in [0.1, 0.15) is 11.5 Å². The molecule has 9 heteroatoms. The monoisotopic (exact) mass is 459 g/mol. The number of rotatable bonds is 5. The molecule has 5 rings (SSSR count). The van der Waals surface area contributed by atoms with Crippen molar-refractivity contribution in [1.82, 2.24) is 9.88 Å². The number of aromatic amines is 1. The number of H-pyrrole nitrogens is 1. The highest BCUT2D eigenvalue weighted by molar-refractivity contribution is 8.24. The summed E-state index contributed by atoms with van der Waals surface area (Å²) in [6.07, 6.45) is 3.33. The molecule has 32 heavy (non-hydrogen) atoms. The van der Waals surface area contributed by atoms with Crippen LogP contribution in [0.5, 0.6) is 0 Å². The Balaban J connectivity index is 1.48. The van der Waals surface area contributed by atoms with Gasteiger partial charge in [-0.15, -0.1) is 0 Å². The maximum Gasteiger partial charge on any atom is 0.250 e. The SMILES string of the molecule is NC(=O)c1cc(-c2ccc(CN3CCOCC3)o2)cc2c(C3CCS(O)(O)CC3)c[nH]c12. The minimum absolute atomic E-state index is 0.202. The molecule has 0 saturated carbocycles. The molecule has 0 bridgehead atoms. The highest BCUT2D eigenvalue weighted by atomic mass is 32.3. The lowest BCUT2D eigenvalue weighted by molar-refractivity contribution is 0.0314. The molecule has 2 aliphatic rings. The summed E-state index contributed by atoms with van der Waals surface area (Å²) in [5.41, 5.74) is 8.74. The minimum atomic E-state index is -2.45. The van der Waals surface area contributed by atoms with E-state index in [-0.39, 0.29) is 5.92 Å². The Morgan fingerprint density at radius 2 is 1.94 bits per heavy atom. The number of morpholine rings is 1. The lowest BCUT2D eigenvalue weighted by atomic mass is 9.91. The quantitative estimate of drug-likeness (QED) is 0.457. The number of nitrogens with one attached hydrogen (secondary N) is 1. The first-order valence-electron chi connectivity index (χ1n) is 11.0. The summed E-state index contributed by atoms with van der Waals surface area (Å²) in [5.74, 6) is 2.10. The van der Waals surface area contributed by atoms with Crippen molar-refractivity contribution in [2.45, 2.75) is 25.3 Å². The average Bonchev–Trinajstić information content (AvgIpc) is 3.41.